The second-order valence-corrected chi connectivity index (χ2v) is 9.01. The third-order valence-electron chi connectivity index (χ3n) is 4.63. The van der Waals surface area contributed by atoms with Gasteiger partial charge in [0.15, 0.2) is 0 Å². The Balaban J connectivity index is 1.43. The molecular formula is C23H15ClN4OS2. The molecule has 5 aromatic rings. The zero-order valence-corrected chi connectivity index (χ0v) is 18.4. The number of nitrogens with one attached hydrogen (secondary N) is 1. The minimum Gasteiger partial charge on any atom is -0.266 e. The standard InChI is InChI=1S/C23H15ClN4OS2/c24-20-17-9-4-5-10-18(17)31-22(20)23(29)26-25-13-15-14-28(16-7-2-1-3-8-16)27-21(15)19-11-6-12-30-19/h1-14H,(H,26,29)/b25-13+. The maximum absolute atomic E-state index is 12.6. The van der Waals surface area contributed by atoms with Crippen LogP contribution in [0.5, 0.6) is 0 Å². The number of thiophene rings is 2. The maximum Gasteiger partial charge on any atom is 0.283 e. The number of para-hydroxylation sites is 1. The van der Waals surface area contributed by atoms with E-state index in [4.69, 9.17) is 16.7 Å². The Bertz CT molecular complexity index is 1390. The van der Waals surface area contributed by atoms with Crippen LogP contribution in [-0.2, 0) is 0 Å². The van der Waals surface area contributed by atoms with Gasteiger partial charge in [-0.15, -0.1) is 22.7 Å². The maximum atomic E-state index is 12.6. The van der Waals surface area contributed by atoms with Crippen LogP contribution in [0.1, 0.15) is 15.2 Å². The van der Waals surface area contributed by atoms with E-state index in [1.54, 1.807) is 22.2 Å². The topological polar surface area (TPSA) is 59.3 Å². The monoisotopic (exact) mass is 462 g/mol. The molecule has 1 amide bonds. The van der Waals surface area contributed by atoms with E-state index in [0.717, 1.165) is 31.9 Å². The minimum absolute atomic E-state index is 0.337. The normalized spacial score (nSPS) is 11.4. The summed E-state index contributed by atoms with van der Waals surface area (Å²) in [5, 5.41) is 12.2. The highest BCUT2D eigenvalue weighted by Crippen LogP contribution is 2.35. The van der Waals surface area contributed by atoms with Crippen molar-refractivity contribution in [3.63, 3.8) is 0 Å². The van der Waals surface area contributed by atoms with Gasteiger partial charge in [0.25, 0.3) is 5.91 Å². The molecule has 152 valence electrons. The first-order chi connectivity index (χ1) is 15.2. The van der Waals surface area contributed by atoms with Gasteiger partial charge in [-0.1, -0.05) is 54.1 Å². The Morgan fingerprint density at radius 2 is 1.87 bits per heavy atom. The summed E-state index contributed by atoms with van der Waals surface area (Å²) in [5.74, 6) is -0.337. The zero-order chi connectivity index (χ0) is 21.2. The van der Waals surface area contributed by atoms with E-state index in [1.807, 2.05) is 78.3 Å². The quantitative estimate of drug-likeness (QED) is 0.248. The van der Waals surface area contributed by atoms with Crippen molar-refractivity contribution in [2.24, 2.45) is 5.10 Å². The van der Waals surface area contributed by atoms with Gasteiger partial charge in [0.05, 0.1) is 21.8 Å². The Morgan fingerprint density at radius 3 is 2.65 bits per heavy atom. The summed E-state index contributed by atoms with van der Waals surface area (Å²) >= 11 is 9.34. The second kappa shape index (κ2) is 8.47. The Kier molecular flexibility index (Phi) is 5.38. The molecular weight excluding hydrogens is 448 g/mol. The summed E-state index contributed by atoms with van der Waals surface area (Å²) in [4.78, 5) is 14.1. The van der Waals surface area contributed by atoms with Gasteiger partial charge in [0.1, 0.15) is 10.6 Å². The fourth-order valence-electron chi connectivity index (χ4n) is 3.17. The SMILES string of the molecule is O=C(N/N=C/c1cn(-c2ccccc2)nc1-c1cccs1)c1sc2ccccc2c1Cl. The van der Waals surface area contributed by atoms with Gasteiger partial charge in [0.2, 0.25) is 0 Å². The molecule has 31 heavy (non-hydrogen) atoms. The summed E-state index contributed by atoms with van der Waals surface area (Å²) in [6.45, 7) is 0. The molecule has 0 aliphatic rings. The lowest BCUT2D eigenvalue weighted by Gasteiger charge is -1.98. The summed E-state index contributed by atoms with van der Waals surface area (Å²) in [7, 11) is 0. The molecule has 0 spiro atoms. The van der Waals surface area contributed by atoms with Crippen molar-refractivity contribution in [1.82, 2.24) is 15.2 Å². The van der Waals surface area contributed by atoms with Crippen molar-refractivity contribution in [3.05, 3.63) is 93.8 Å². The highest BCUT2D eigenvalue weighted by Gasteiger charge is 2.17. The molecule has 0 aliphatic carbocycles. The smallest absolute Gasteiger partial charge is 0.266 e. The van der Waals surface area contributed by atoms with E-state index in [0.29, 0.717) is 9.90 Å². The molecule has 1 N–H and O–H groups in total. The van der Waals surface area contributed by atoms with Crippen LogP contribution < -0.4 is 5.43 Å². The number of benzene rings is 2. The molecule has 0 unspecified atom stereocenters. The van der Waals surface area contributed by atoms with E-state index in [-0.39, 0.29) is 5.91 Å². The van der Waals surface area contributed by atoms with Crippen molar-refractivity contribution in [2.45, 2.75) is 0 Å². The number of fused-ring (bicyclic) bond motifs is 1. The molecule has 3 aromatic heterocycles. The average Bonchev–Trinajstić information content (AvgIpc) is 3.54. The molecule has 0 aliphatic heterocycles. The molecule has 0 fully saturated rings. The van der Waals surface area contributed by atoms with Crippen molar-refractivity contribution in [3.8, 4) is 16.3 Å². The van der Waals surface area contributed by atoms with Gasteiger partial charge in [-0.2, -0.15) is 10.2 Å². The molecule has 8 heteroatoms. The van der Waals surface area contributed by atoms with Gasteiger partial charge in [-0.05, 0) is 29.6 Å². The Hall–Kier alpha value is -3.26. The van der Waals surface area contributed by atoms with Crippen LogP contribution >= 0.6 is 34.3 Å². The number of halogens is 1. The number of hydrazone groups is 1. The number of nitrogens with zero attached hydrogens (tertiary/aromatic N) is 3. The van der Waals surface area contributed by atoms with E-state index in [1.165, 1.54) is 11.3 Å². The van der Waals surface area contributed by atoms with Crippen molar-refractivity contribution >= 4 is 56.5 Å². The fourth-order valence-corrected chi connectivity index (χ4v) is 5.31. The van der Waals surface area contributed by atoms with E-state index >= 15 is 0 Å². The van der Waals surface area contributed by atoms with E-state index in [2.05, 4.69) is 10.5 Å². The fraction of sp³-hybridized carbons (Fsp3) is 0. The molecule has 5 rings (SSSR count). The summed E-state index contributed by atoms with van der Waals surface area (Å²) in [6, 6.07) is 21.5. The second-order valence-electron chi connectivity index (χ2n) is 6.63. The summed E-state index contributed by atoms with van der Waals surface area (Å²) < 4.78 is 2.77. The van der Waals surface area contributed by atoms with E-state index in [9.17, 15) is 4.79 Å². The molecule has 3 heterocycles. The lowest BCUT2D eigenvalue weighted by Crippen LogP contribution is -2.16. The molecule has 0 saturated carbocycles. The predicted molar refractivity (Wildman–Crippen MR) is 129 cm³/mol. The third kappa shape index (κ3) is 3.90. The van der Waals surface area contributed by atoms with Gasteiger partial charge in [0, 0.05) is 21.8 Å². The van der Waals surface area contributed by atoms with Crippen LogP contribution in [0.25, 0.3) is 26.3 Å². The number of carbonyl (C=O) groups excluding carboxylic acids is 1. The van der Waals surface area contributed by atoms with Crippen LogP contribution in [0, 0.1) is 0 Å². The van der Waals surface area contributed by atoms with Gasteiger partial charge < -0.3 is 0 Å². The molecule has 0 bridgehead atoms. The molecule has 0 saturated heterocycles. The number of hydrogen-bond acceptors (Lipinski definition) is 5. The molecule has 5 nitrogen and oxygen atoms in total. The van der Waals surface area contributed by atoms with Gasteiger partial charge >= 0.3 is 0 Å². The van der Waals surface area contributed by atoms with Crippen molar-refractivity contribution in [1.29, 1.82) is 0 Å². The minimum atomic E-state index is -0.337. The number of rotatable bonds is 5. The lowest BCUT2D eigenvalue weighted by atomic mass is 10.2. The Labute approximate surface area is 191 Å². The molecule has 0 atom stereocenters. The first kappa shape index (κ1) is 19.7. The first-order valence-corrected chi connectivity index (χ1v) is 11.5. The number of aromatic nitrogens is 2. The largest absolute Gasteiger partial charge is 0.283 e. The van der Waals surface area contributed by atoms with Crippen molar-refractivity contribution in [2.75, 3.05) is 0 Å². The lowest BCUT2D eigenvalue weighted by molar-refractivity contribution is 0.0959. The molecule has 2 aromatic carbocycles. The Morgan fingerprint density at radius 1 is 1.06 bits per heavy atom. The van der Waals surface area contributed by atoms with Crippen LogP contribution in [0.15, 0.2) is 83.4 Å². The summed E-state index contributed by atoms with van der Waals surface area (Å²) in [5.41, 5.74) is 5.14. The predicted octanol–water partition coefficient (Wildman–Crippen LogP) is 6.23. The van der Waals surface area contributed by atoms with Crippen LogP contribution in [0.2, 0.25) is 5.02 Å². The van der Waals surface area contributed by atoms with Gasteiger partial charge in [-0.25, -0.2) is 10.1 Å². The van der Waals surface area contributed by atoms with Crippen LogP contribution in [0.3, 0.4) is 0 Å². The zero-order valence-electron chi connectivity index (χ0n) is 16.0. The average molecular weight is 463 g/mol. The number of carbonyl (C=O) groups is 1. The van der Waals surface area contributed by atoms with E-state index < -0.39 is 0 Å². The first-order valence-electron chi connectivity index (χ1n) is 9.40. The highest BCUT2D eigenvalue weighted by molar-refractivity contribution is 7.21. The molecule has 0 radical (unpaired) electrons. The van der Waals surface area contributed by atoms with Gasteiger partial charge in [-0.3, -0.25) is 4.79 Å². The van der Waals surface area contributed by atoms with Crippen molar-refractivity contribution < 1.29 is 4.79 Å². The number of amides is 1. The summed E-state index contributed by atoms with van der Waals surface area (Å²) in [6.07, 6.45) is 3.51. The van der Waals surface area contributed by atoms with Crippen LogP contribution in [0.4, 0.5) is 0 Å². The number of hydrogen-bond donors (Lipinski definition) is 1. The third-order valence-corrected chi connectivity index (χ3v) is 7.18. The van der Waals surface area contributed by atoms with Crippen LogP contribution in [-0.4, -0.2) is 21.9 Å². The highest BCUT2D eigenvalue weighted by atomic mass is 35.5.